The molecule has 3 heterocycles. The number of hydrogen-bond donors (Lipinski definition) is 1. The number of ether oxygens (including phenoxy) is 2. The van der Waals surface area contributed by atoms with E-state index >= 15 is 8.78 Å². The van der Waals surface area contributed by atoms with E-state index in [-0.39, 0.29) is 18.4 Å². The second-order valence-corrected chi connectivity index (χ2v) is 7.81. The van der Waals surface area contributed by atoms with E-state index in [1.54, 1.807) is 24.1 Å². The highest BCUT2D eigenvalue weighted by atomic mass is 19.3. The zero-order valence-electron chi connectivity index (χ0n) is 17.1. The van der Waals surface area contributed by atoms with Gasteiger partial charge in [-0.05, 0) is 30.5 Å². The SMILES string of the molecule is COc1ccc(CC2N(c3cc(N4CCOCC4)cc(=O)[nH]3)CCCC2(F)F)cc1. The number of piperidine rings is 1. The summed E-state index contributed by atoms with van der Waals surface area (Å²) in [5.41, 5.74) is 1.26. The molecule has 30 heavy (non-hydrogen) atoms. The summed E-state index contributed by atoms with van der Waals surface area (Å²) in [7, 11) is 1.57. The van der Waals surface area contributed by atoms with Gasteiger partial charge in [-0.25, -0.2) is 8.78 Å². The molecule has 0 bridgehead atoms. The van der Waals surface area contributed by atoms with E-state index < -0.39 is 12.0 Å². The zero-order valence-corrected chi connectivity index (χ0v) is 17.1. The Morgan fingerprint density at radius 3 is 2.60 bits per heavy atom. The van der Waals surface area contributed by atoms with Gasteiger partial charge in [-0.2, -0.15) is 0 Å². The monoisotopic (exact) mass is 419 g/mol. The van der Waals surface area contributed by atoms with Crippen LogP contribution in [-0.4, -0.2) is 56.9 Å². The fourth-order valence-electron chi connectivity index (χ4n) is 4.24. The smallest absolute Gasteiger partial charge is 0.268 e. The third kappa shape index (κ3) is 4.43. The van der Waals surface area contributed by atoms with Crippen molar-refractivity contribution in [3.05, 3.63) is 52.3 Å². The summed E-state index contributed by atoms with van der Waals surface area (Å²) in [6, 6.07) is 9.49. The molecule has 4 rings (SSSR count). The quantitative estimate of drug-likeness (QED) is 0.807. The molecule has 2 fully saturated rings. The average molecular weight is 419 g/mol. The molecule has 2 aliphatic rings. The molecule has 2 aromatic rings. The number of aromatic nitrogens is 1. The Balaban J connectivity index is 1.64. The standard InChI is InChI=1S/C22H27F2N3O3/c1-29-18-5-3-16(4-6-18)13-19-22(23,24)7-2-8-27(19)20-14-17(15-21(28)25-20)26-9-11-30-12-10-26/h3-6,14-15,19H,2,7-13H2,1H3,(H,25,28). The molecule has 2 aliphatic heterocycles. The number of nitrogens with one attached hydrogen (secondary N) is 1. The number of halogens is 2. The third-order valence-corrected chi connectivity index (χ3v) is 5.86. The van der Waals surface area contributed by atoms with Crippen LogP contribution in [0.15, 0.2) is 41.2 Å². The van der Waals surface area contributed by atoms with Gasteiger partial charge in [-0.3, -0.25) is 4.79 Å². The molecule has 0 aliphatic carbocycles. The van der Waals surface area contributed by atoms with Crippen LogP contribution in [0.25, 0.3) is 0 Å². The molecule has 162 valence electrons. The summed E-state index contributed by atoms with van der Waals surface area (Å²) in [5, 5.41) is 0. The first-order chi connectivity index (χ1) is 14.5. The number of rotatable bonds is 5. The second-order valence-electron chi connectivity index (χ2n) is 7.81. The van der Waals surface area contributed by atoms with Gasteiger partial charge in [-0.1, -0.05) is 12.1 Å². The van der Waals surface area contributed by atoms with Gasteiger partial charge < -0.3 is 24.3 Å². The second kappa shape index (κ2) is 8.63. The molecule has 0 saturated carbocycles. The van der Waals surface area contributed by atoms with Crippen LogP contribution in [0.1, 0.15) is 18.4 Å². The Bertz CT molecular complexity index is 911. The Labute approximate surface area is 174 Å². The highest BCUT2D eigenvalue weighted by Crippen LogP contribution is 2.37. The Morgan fingerprint density at radius 1 is 1.17 bits per heavy atom. The summed E-state index contributed by atoms with van der Waals surface area (Å²) < 4.78 is 40.6. The summed E-state index contributed by atoms with van der Waals surface area (Å²) >= 11 is 0. The molecular formula is C22H27F2N3O3. The van der Waals surface area contributed by atoms with E-state index in [1.165, 1.54) is 6.07 Å². The molecule has 0 spiro atoms. The number of nitrogens with zero attached hydrogens (tertiary/aromatic N) is 2. The van der Waals surface area contributed by atoms with E-state index in [0.717, 1.165) is 11.3 Å². The van der Waals surface area contributed by atoms with Crippen molar-refractivity contribution in [1.82, 2.24) is 4.98 Å². The molecule has 1 atom stereocenters. The highest BCUT2D eigenvalue weighted by molar-refractivity contribution is 5.56. The van der Waals surface area contributed by atoms with Gasteiger partial charge in [0.15, 0.2) is 0 Å². The lowest BCUT2D eigenvalue weighted by molar-refractivity contribution is -0.0485. The van der Waals surface area contributed by atoms with Crippen LogP contribution in [0.5, 0.6) is 5.75 Å². The van der Waals surface area contributed by atoms with Gasteiger partial charge in [0.1, 0.15) is 11.6 Å². The number of H-pyrrole nitrogens is 1. The van der Waals surface area contributed by atoms with E-state index in [9.17, 15) is 4.79 Å². The number of hydrogen-bond acceptors (Lipinski definition) is 5. The largest absolute Gasteiger partial charge is 0.497 e. The molecule has 2 saturated heterocycles. The van der Waals surface area contributed by atoms with Crippen LogP contribution in [0.4, 0.5) is 20.3 Å². The lowest BCUT2D eigenvalue weighted by Gasteiger charge is -2.42. The summed E-state index contributed by atoms with van der Waals surface area (Å²) in [6.45, 7) is 3.00. The van der Waals surface area contributed by atoms with Crippen molar-refractivity contribution in [3.63, 3.8) is 0 Å². The van der Waals surface area contributed by atoms with Crippen LogP contribution in [0.3, 0.4) is 0 Å². The molecule has 1 unspecified atom stereocenters. The van der Waals surface area contributed by atoms with Gasteiger partial charge >= 0.3 is 0 Å². The number of pyridine rings is 1. The van der Waals surface area contributed by atoms with E-state index in [0.29, 0.717) is 50.8 Å². The van der Waals surface area contributed by atoms with Crippen LogP contribution in [0, 0.1) is 0 Å². The maximum absolute atomic E-state index is 15.0. The molecule has 1 aromatic carbocycles. The Morgan fingerprint density at radius 2 is 1.90 bits per heavy atom. The van der Waals surface area contributed by atoms with E-state index in [4.69, 9.17) is 9.47 Å². The van der Waals surface area contributed by atoms with Gasteiger partial charge in [-0.15, -0.1) is 0 Å². The number of aromatic amines is 1. The van der Waals surface area contributed by atoms with Gasteiger partial charge in [0, 0.05) is 43.9 Å². The average Bonchev–Trinajstić information content (AvgIpc) is 2.75. The van der Waals surface area contributed by atoms with E-state index in [2.05, 4.69) is 9.88 Å². The first-order valence-electron chi connectivity index (χ1n) is 10.3. The molecular weight excluding hydrogens is 392 g/mol. The number of anilines is 2. The molecule has 1 N–H and O–H groups in total. The van der Waals surface area contributed by atoms with Crippen molar-refractivity contribution in [3.8, 4) is 5.75 Å². The summed E-state index contributed by atoms with van der Waals surface area (Å²) in [5.74, 6) is -1.72. The Kier molecular flexibility index (Phi) is 5.94. The predicted octanol–water partition coefficient (Wildman–Crippen LogP) is 3.07. The molecule has 6 nitrogen and oxygen atoms in total. The fourth-order valence-corrected chi connectivity index (χ4v) is 4.24. The predicted molar refractivity (Wildman–Crippen MR) is 112 cm³/mol. The van der Waals surface area contributed by atoms with Crippen LogP contribution in [-0.2, 0) is 11.2 Å². The number of methoxy groups -OCH3 is 1. The first-order valence-corrected chi connectivity index (χ1v) is 10.3. The lowest BCUT2D eigenvalue weighted by atomic mass is 9.92. The van der Waals surface area contributed by atoms with Crippen LogP contribution < -0.4 is 20.1 Å². The van der Waals surface area contributed by atoms with Crippen molar-refractivity contribution in [1.29, 1.82) is 0 Å². The maximum atomic E-state index is 15.0. The number of morpholine rings is 1. The van der Waals surface area contributed by atoms with Crippen molar-refractivity contribution < 1.29 is 18.3 Å². The van der Waals surface area contributed by atoms with Crippen molar-refractivity contribution in [2.24, 2.45) is 0 Å². The molecule has 0 radical (unpaired) electrons. The topological polar surface area (TPSA) is 57.8 Å². The minimum atomic E-state index is -2.86. The van der Waals surface area contributed by atoms with Gasteiger partial charge in [0.05, 0.1) is 26.4 Å². The highest BCUT2D eigenvalue weighted by Gasteiger charge is 2.46. The van der Waals surface area contributed by atoms with Crippen LogP contribution in [0.2, 0.25) is 0 Å². The first kappa shape index (κ1) is 20.7. The zero-order chi connectivity index (χ0) is 21.1. The molecule has 0 amide bonds. The van der Waals surface area contributed by atoms with Crippen molar-refractivity contribution in [2.75, 3.05) is 49.8 Å². The minimum Gasteiger partial charge on any atom is -0.497 e. The minimum absolute atomic E-state index is 0.155. The van der Waals surface area contributed by atoms with Crippen molar-refractivity contribution >= 4 is 11.5 Å². The van der Waals surface area contributed by atoms with Gasteiger partial charge in [0.2, 0.25) is 0 Å². The molecule has 8 heteroatoms. The normalized spacial score (nSPS) is 21.5. The van der Waals surface area contributed by atoms with Gasteiger partial charge in [0.25, 0.3) is 11.5 Å². The summed E-state index contributed by atoms with van der Waals surface area (Å²) in [6.07, 6.45) is 0.397. The summed E-state index contributed by atoms with van der Waals surface area (Å²) in [4.78, 5) is 18.9. The molecule has 1 aromatic heterocycles. The number of benzene rings is 1. The van der Waals surface area contributed by atoms with Crippen molar-refractivity contribution in [2.45, 2.75) is 31.2 Å². The van der Waals surface area contributed by atoms with Crippen LogP contribution >= 0.6 is 0 Å². The van der Waals surface area contributed by atoms with E-state index in [1.807, 2.05) is 18.2 Å². The Hall–Kier alpha value is -2.61. The lowest BCUT2D eigenvalue weighted by Crippen LogP contribution is -2.54. The third-order valence-electron chi connectivity index (χ3n) is 5.86. The number of alkyl halides is 2. The fraction of sp³-hybridized carbons (Fsp3) is 0.500. The maximum Gasteiger partial charge on any atom is 0.268 e.